The minimum Gasteiger partial charge on any atom is -0.296 e. The normalized spacial score (nSPS) is 22.9. The Labute approximate surface area is 89.9 Å². The highest BCUT2D eigenvalue weighted by molar-refractivity contribution is 6.30. The van der Waals surface area contributed by atoms with E-state index in [4.69, 9.17) is 11.6 Å². The third kappa shape index (κ3) is 1.77. The van der Waals surface area contributed by atoms with Crippen LogP contribution in [0.15, 0.2) is 18.3 Å². The van der Waals surface area contributed by atoms with Crippen molar-refractivity contribution < 1.29 is 0 Å². The van der Waals surface area contributed by atoms with E-state index in [1.54, 1.807) is 6.20 Å². The first-order chi connectivity index (χ1) is 6.83. The van der Waals surface area contributed by atoms with Crippen molar-refractivity contribution in [1.82, 2.24) is 9.88 Å². The van der Waals surface area contributed by atoms with Gasteiger partial charge < -0.3 is 0 Å². The van der Waals surface area contributed by atoms with E-state index in [-0.39, 0.29) is 0 Å². The molecule has 0 aliphatic carbocycles. The number of halogens is 1. The van der Waals surface area contributed by atoms with Gasteiger partial charge in [0.05, 0.1) is 0 Å². The van der Waals surface area contributed by atoms with Gasteiger partial charge in [-0.1, -0.05) is 24.6 Å². The summed E-state index contributed by atoms with van der Waals surface area (Å²) in [6.07, 6.45) is 4.22. The van der Waals surface area contributed by atoms with E-state index in [9.17, 15) is 0 Å². The Morgan fingerprint density at radius 3 is 3.21 bits per heavy atom. The summed E-state index contributed by atoms with van der Waals surface area (Å²) in [7, 11) is 0. The van der Waals surface area contributed by atoms with E-state index < -0.39 is 0 Å². The average Bonchev–Trinajstić information content (AvgIpc) is 2.66. The van der Waals surface area contributed by atoms with Crippen molar-refractivity contribution in [3.63, 3.8) is 0 Å². The number of nitrogens with zero attached hydrogens (tertiary/aromatic N) is 2. The highest BCUT2D eigenvalue weighted by Gasteiger charge is 2.26. The lowest BCUT2D eigenvalue weighted by atomic mass is 10.1. The second-order valence-corrected chi connectivity index (χ2v) is 4.03. The standard InChI is InChI=1S/C11H15ClN2/c1-2-14-8-4-6-10(14)9-5-3-7-13-11(9)12/h3,5,7,10H,2,4,6,8H2,1H3/t10-/m0/s1. The maximum atomic E-state index is 6.09. The molecular weight excluding hydrogens is 196 g/mol. The van der Waals surface area contributed by atoms with Crippen LogP contribution >= 0.6 is 11.6 Å². The van der Waals surface area contributed by atoms with E-state index in [0.29, 0.717) is 11.2 Å². The third-order valence-corrected chi connectivity index (χ3v) is 3.23. The molecule has 0 unspecified atom stereocenters. The van der Waals surface area contributed by atoms with E-state index in [1.807, 2.05) is 6.07 Å². The molecule has 1 saturated heterocycles. The van der Waals surface area contributed by atoms with Crippen LogP contribution in [0.5, 0.6) is 0 Å². The lowest BCUT2D eigenvalue weighted by Crippen LogP contribution is -2.22. The highest BCUT2D eigenvalue weighted by Crippen LogP contribution is 2.34. The molecule has 0 spiro atoms. The summed E-state index contributed by atoms with van der Waals surface area (Å²) in [6, 6.07) is 4.54. The molecule has 0 radical (unpaired) electrons. The fraction of sp³-hybridized carbons (Fsp3) is 0.545. The molecular formula is C11H15ClN2. The van der Waals surface area contributed by atoms with Crippen LogP contribution in [0.3, 0.4) is 0 Å². The molecule has 2 rings (SSSR count). The smallest absolute Gasteiger partial charge is 0.133 e. The molecule has 14 heavy (non-hydrogen) atoms. The maximum absolute atomic E-state index is 6.09. The van der Waals surface area contributed by atoms with Gasteiger partial charge in [0.2, 0.25) is 0 Å². The van der Waals surface area contributed by atoms with Gasteiger partial charge in [-0.15, -0.1) is 0 Å². The molecule has 1 atom stereocenters. The zero-order chi connectivity index (χ0) is 9.97. The van der Waals surface area contributed by atoms with Crippen molar-refractivity contribution in [2.75, 3.05) is 13.1 Å². The van der Waals surface area contributed by atoms with E-state index >= 15 is 0 Å². The van der Waals surface area contributed by atoms with E-state index in [1.165, 1.54) is 24.9 Å². The number of likely N-dealkylation sites (tertiary alicyclic amines) is 1. The minimum absolute atomic E-state index is 0.487. The first-order valence-electron chi connectivity index (χ1n) is 5.17. The van der Waals surface area contributed by atoms with Gasteiger partial charge in [-0.25, -0.2) is 4.98 Å². The first kappa shape index (κ1) is 9.94. The molecule has 1 aromatic rings. The molecule has 0 aromatic carbocycles. The predicted molar refractivity (Wildman–Crippen MR) is 58.5 cm³/mol. The van der Waals surface area contributed by atoms with Gasteiger partial charge in [0.15, 0.2) is 0 Å². The average molecular weight is 211 g/mol. The molecule has 3 heteroatoms. The number of rotatable bonds is 2. The minimum atomic E-state index is 0.487. The monoisotopic (exact) mass is 210 g/mol. The largest absolute Gasteiger partial charge is 0.296 e. The molecule has 0 bridgehead atoms. The van der Waals surface area contributed by atoms with Crippen molar-refractivity contribution in [3.8, 4) is 0 Å². The van der Waals surface area contributed by atoms with Crippen LogP contribution in [0, 0.1) is 0 Å². The fourth-order valence-corrected chi connectivity index (χ4v) is 2.45. The van der Waals surface area contributed by atoms with Gasteiger partial charge in [0, 0.05) is 17.8 Å². The second-order valence-electron chi connectivity index (χ2n) is 3.67. The molecule has 0 amide bonds. The Bertz CT molecular complexity index is 314. The van der Waals surface area contributed by atoms with Crippen LogP contribution < -0.4 is 0 Å². The van der Waals surface area contributed by atoms with Gasteiger partial charge in [0.1, 0.15) is 5.15 Å². The van der Waals surface area contributed by atoms with Crippen molar-refractivity contribution in [2.45, 2.75) is 25.8 Å². The summed E-state index contributed by atoms with van der Waals surface area (Å²) >= 11 is 6.09. The molecule has 1 aliphatic heterocycles. The van der Waals surface area contributed by atoms with Gasteiger partial charge >= 0.3 is 0 Å². The predicted octanol–water partition coefficient (Wildman–Crippen LogP) is 2.89. The first-order valence-corrected chi connectivity index (χ1v) is 5.55. The number of hydrogen-bond acceptors (Lipinski definition) is 2. The highest BCUT2D eigenvalue weighted by atomic mass is 35.5. The summed E-state index contributed by atoms with van der Waals surface area (Å²) in [5, 5.41) is 0.665. The zero-order valence-corrected chi connectivity index (χ0v) is 9.17. The van der Waals surface area contributed by atoms with Crippen molar-refractivity contribution in [3.05, 3.63) is 29.0 Å². The molecule has 2 heterocycles. The Hall–Kier alpha value is -0.600. The molecule has 1 aromatic heterocycles. The second kappa shape index (κ2) is 4.28. The molecule has 2 nitrogen and oxygen atoms in total. The van der Waals surface area contributed by atoms with Gasteiger partial charge in [-0.2, -0.15) is 0 Å². The molecule has 0 saturated carbocycles. The Morgan fingerprint density at radius 2 is 2.50 bits per heavy atom. The number of hydrogen-bond donors (Lipinski definition) is 0. The zero-order valence-electron chi connectivity index (χ0n) is 8.41. The Kier molecular flexibility index (Phi) is 3.04. The van der Waals surface area contributed by atoms with Crippen LogP contribution in [0.2, 0.25) is 5.15 Å². The SMILES string of the molecule is CCN1CCC[C@H]1c1cccnc1Cl. The van der Waals surface area contributed by atoms with E-state index in [0.717, 1.165) is 6.54 Å². The maximum Gasteiger partial charge on any atom is 0.133 e. The Morgan fingerprint density at radius 1 is 1.64 bits per heavy atom. The van der Waals surface area contributed by atoms with Gasteiger partial charge in [-0.05, 0) is 32.0 Å². The summed E-state index contributed by atoms with van der Waals surface area (Å²) in [5.74, 6) is 0. The van der Waals surface area contributed by atoms with Crippen molar-refractivity contribution in [2.24, 2.45) is 0 Å². The van der Waals surface area contributed by atoms with Crippen LogP contribution in [0.4, 0.5) is 0 Å². The van der Waals surface area contributed by atoms with Crippen LogP contribution in [-0.4, -0.2) is 23.0 Å². The lowest BCUT2D eigenvalue weighted by molar-refractivity contribution is 0.271. The van der Waals surface area contributed by atoms with Crippen molar-refractivity contribution in [1.29, 1.82) is 0 Å². The summed E-state index contributed by atoms with van der Waals surface area (Å²) in [4.78, 5) is 6.59. The molecule has 76 valence electrons. The van der Waals surface area contributed by atoms with Crippen LogP contribution in [0.1, 0.15) is 31.4 Å². The van der Waals surface area contributed by atoms with E-state index in [2.05, 4.69) is 22.9 Å². The third-order valence-electron chi connectivity index (χ3n) is 2.92. The summed E-state index contributed by atoms with van der Waals surface area (Å²) in [6.45, 7) is 4.48. The van der Waals surface area contributed by atoms with Crippen LogP contribution in [-0.2, 0) is 0 Å². The van der Waals surface area contributed by atoms with Gasteiger partial charge in [0.25, 0.3) is 0 Å². The lowest BCUT2D eigenvalue weighted by Gasteiger charge is -2.23. The topological polar surface area (TPSA) is 16.1 Å². The van der Waals surface area contributed by atoms with Crippen molar-refractivity contribution >= 4 is 11.6 Å². The van der Waals surface area contributed by atoms with Gasteiger partial charge in [-0.3, -0.25) is 4.90 Å². The quantitative estimate of drug-likeness (QED) is 0.698. The Balaban J connectivity index is 2.26. The summed E-state index contributed by atoms with van der Waals surface area (Å²) in [5.41, 5.74) is 1.19. The summed E-state index contributed by atoms with van der Waals surface area (Å²) < 4.78 is 0. The fourth-order valence-electron chi connectivity index (χ4n) is 2.20. The molecule has 1 fully saturated rings. The van der Waals surface area contributed by atoms with Crippen LogP contribution in [0.25, 0.3) is 0 Å². The number of aromatic nitrogens is 1. The number of pyridine rings is 1. The molecule has 0 N–H and O–H groups in total. The molecule has 1 aliphatic rings.